The van der Waals surface area contributed by atoms with E-state index in [1.165, 1.54) is 38.9 Å². The number of hydrogen-bond acceptors (Lipinski definition) is 4. The Morgan fingerprint density at radius 1 is 0.538 bits per heavy atom. The van der Waals surface area contributed by atoms with Crippen LogP contribution in [-0.2, 0) is 12.5 Å². The Hall–Kier alpha value is -5.94. The van der Waals surface area contributed by atoms with Gasteiger partial charge in [0.05, 0.1) is 5.56 Å². The molecule has 0 atom stereocenters. The Labute approximate surface area is 305 Å². The second-order valence-corrected chi connectivity index (χ2v) is 15.1. The van der Waals surface area contributed by atoms with Gasteiger partial charge in [0.2, 0.25) is 5.69 Å². The van der Waals surface area contributed by atoms with E-state index in [0.717, 1.165) is 55.7 Å². The normalized spacial score (nSPS) is 11.8. The number of nitrogens with zero attached hydrogens (tertiary/aromatic N) is 4. The van der Waals surface area contributed by atoms with E-state index in [9.17, 15) is 0 Å². The molecule has 0 amide bonds. The lowest BCUT2D eigenvalue weighted by atomic mass is 9.88. The van der Waals surface area contributed by atoms with Gasteiger partial charge in [0.1, 0.15) is 24.0 Å². The average Bonchev–Trinajstić information content (AvgIpc) is 3.51. The summed E-state index contributed by atoms with van der Waals surface area (Å²) in [7, 11) is 2.13. The van der Waals surface area contributed by atoms with Crippen LogP contribution in [0.3, 0.4) is 0 Å². The quantitative estimate of drug-likeness (QED) is 0.170. The predicted octanol–water partition coefficient (Wildman–Crippen LogP) is 11.5. The monoisotopic (exact) mass is 679 g/mol. The number of pyridine rings is 1. The molecular weight excluding hydrogens is 637 g/mol. The number of hydrogen-bond donors (Lipinski definition) is 0. The van der Waals surface area contributed by atoms with E-state index in [-0.39, 0.29) is 5.41 Å². The van der Waals surface area contributed by atoms with Gasteiger partial charge in [-0.05, 0) is 72.7 Å². The molecule has 0 aliphatic carbocycles. The van der Waals surface area contributed by atoms with Crippen LogP contribution in [0, 0.1) is 27.7 Å². The molecule has 5 aromatic carbocycles. The summed E-state index contributed by atoms with van der Waals surface area (Å²) in [6.07, 6.45) is 2.24. The highest BCUT2D eigenvalue weighted by atomic mass is 16.3. The van der Waals surface area contributed by atoms with Crippen LogP contribution in [0.15, 0.2) is 120 Å². The van der Waals surface area contributed by atoms with E-state index < -0.39 is 0 Å². The Kier molecular flexibility index (Phi) is 8.10. The van der Waals surface area contributed by atoms with E-state index >= 15 is 0 Å². The van der Waals surface area contributed by atoms with Gasteiger partial charge in [-0.3, -0.25) is 0 Å². The van der Waals surface area contributed by atoms with Crippen molar-refractivity contribution >= 4 is 21.9 Å². The largest absolute Gasteiger partial charge is 0.455 e. The van der Waals surface area contributed by atoms with Gasteiger partial charge >= 0.3 is 0 Å². The maximum absolute atomic E-state index is 6.52. The fraction of sp³-hybridized carbons (Fsp3) is 0.191. The first-order valence-electron chi connectivity index (χ1n) is 17.9. The van der Waals surface area contributed by atoms with Crippen molar-refractivity contribution in [2.24, 2.45) is 7.05 Å². The van der Waals surface area contributed by atoms with Gasteiger partial charge in [-0.2, -0.15) is 0 Å². The van der Waals surface area contributed by atoms with Crippen LogP contribution >= 0.6 is 0 Å². The summed E-state index contributed by atoms with van der Waals surface area (Å²) in [5, 5.41) is 2.28. The van der Waals surface area contributed by atoms with E-state index in [2.05, 4.69) is 133 Å². The van der Waals surface area contributed by atoms with Gasteiger partial charge in [-0.15, -0.1) is 0 Å². The first-order chi connectivity index (χ1) is 25.0. The second-order valence-electron chi connectivity index (χ2n) is 15.1. The first-order valence-corrected chi connectivity index (χ1v) is 17.9. The molecule has 5 nitrogen and oxygen atoms in total. The summed E-state index contributed by atoms with van der Waals surface area (Å²) in [5.41, 5.74) is 15.6. The van der Waals surface area contributed by atoms with Gasteiger partial charge in [0.15, 0.2) is 17.8 Å². The summed E-state index contributed by atoms with van der Waals surface area (Å²) in [4.78, 5) is 14.7. The fourth-order valence-electron chi connectivity index (χ4n) is 7.43. The van der Waals surface area contributed by atoms with E-state index in [0.29, 0.717) is 11.6 Å². The van der Waals surface area contributed by atoms with Gasteiger partial charge in [-0.25, -0.2) is 19.5 Å². The van der Waals surface area contributed by atoms with E-state index in [1.54, 1.807) is 0 Å². The number of rotatable bonds is 5. The number of aromatic nitrogens is 4. The smallest absolute Gasteiger partial charge is 0.216 e. The molecule has 0 bridgehead atoms. The first kappa shape index (κ1) is 33.2. The topological polar surface area (TPSA) is 55.7 Å². The number of benzene rings is 5. The van der Waals surface area contributed by atoms with Crippen molar-refractivity contribution in [2.75, 3.05) is 0 Å². The molecule has 0 spiro atoms. The molecule has 0 fully saturated rings. The second kappa shape index (κ2) is 12.7. The molecule has 0 aliphatic rings. The SMILES string of the molecule is Cc1c[n+](C)c(-c2c(C)ccc3c2oc2ccccc23)cc1-c1c(C)cc(-c2ccc(-c3nc(-c4ccccc4)nc(C(C)(C)C)n3)cc2)cc1C. The average molecular weight is 680 g/mol. The lowest BCUT2D eigenvalue weighted by Crippen LogP contribution is -2.31. The standard InChI is InChI=1S/C47H43N4O/c1-28-18-23-37-36-16-12-13-17-40(36)52-43(37)42(28)39-26-38(31(4)27-51(39)8)41-29(2)24-35(25-30(41)3)32-19-21-34(22-20-32)45-48-44(33-14-10-9-11-15-33)49-46(50-45)47(5,6)7/h9-27H,1-8H3/q+1. The third-order valence-corrected chi connectivity index (χ3v) is 10.1. The zero-order valence-electron chi connectivity index (χ0n) is 31.2. The summed E-state index contributed by atoms with van der Waals surface area (Å²) in [5.74, 6) is 2.16. The predicted molar refractivity (Wildman–Crippen MR) is 213 cm³/mol. The molecule has 0 unspecified atom stereocenters. The number of aryl methyl sites for hydroxylation is 5. The van der Waals surface area contributed by atoms with E-state index in [4.69, 9.17) is 19.4 Å². The van der Waals surface area contributed by atoms with Crippen LogP contribution in [0.4, 0.5) is 0 Å². The van der Waals surface area contributed by atoms with Crippen LogP contribution in [0.5, 0.6) is 0 Å². The highest BCUT2D eigenvalue weighted by Gasteiger charge is 2.24. The third kappa shape index (κ3) is 5.86. The van der Waals surface area contributed by atoms with Crippen LogP contribution in [0.2, 0.25) is 0 Å². The maximum atomic E-state index is 6.52. The van der Waals surface area contributed by atoms with E-state index in [1.807, 2.05) is 42.5 Å². The van der Waals surface area contributed by atoms with Gasteiger partial charge < -0.3 is 4.42 Å². The molecule has 0 saturated carbocycles. The minimum absolute atomic E-state index is 0.215. The minimum Gasteiger partial charge on any atom is -0.455 e. The van der Waals surface area contributed by atoms with Crippen molar-refractivity contribution in [3.8, 4) is 56.3 Å². The lowest BCUT2D eigenvalue weighted by molar-refractivity contribution is -0.660. The molecule has 0 aliphatic heterocycles. The molecular formula is C47H43N4O+. The number of fused-ring (bicyclic) bond motifs is 3. The minimum atomic E-state index is -0.215. The molecule has 5 heteroatoms. The molecule has 0 saturated heterocycles. The number of para-hydroxylation sites is 1. The Bertz CT molecular complexity index is 2620. The summed E-state index contributed by atoms with van der Waals surface area (Å²) in [6, 6.07) is 38.4. The third-order valence-electron chi connectivity index (χ3n) is 10.1. The Morgan fingerprint density at radius 2 is 1.15 bits per heavy atom. The number of furan rings is 1. The molecule has 256 valence electrons. The molecule has 3 aromatic heterocycles. The van der Waals surface area contributed by atoms with Crippen molar-refractivity contribution in [3.63, 3.8) is 0 Å². The van der Waals surface area contributed by atoms with Crippen LogP contribution in [0.25, 0.3) is 78.2 Å². The van der Waals surface area contributed by atoms with Crippen molar-refractivity contribution < 1.29 is 8.98 Å². The van der Waals surface area contributed by atoms with Gasteiger partial charge in [-0.1, -0.05) is 118 Å². The van der Waals surface area contributed by atoms with Crippen LogP contribution < -0.4 is 4.57 Å². The highest BCUT2D eigenvalue weighted by molar-refractivity contribution is 6.09. The lowest BCUT2D eigenvalue weighted by Gasteiger charge is -2.18. The maximum Gasteiger partial charge on any atom is 0.216 e. The summed E-state index contributed by atoms with van der Waals surface area (Å²) >= 11 is 0. The van der Waals surface area contributed by atoms with Crippen molar-refractivity contribution in [1.82, 2.24) is 15.0 Å². The zero-order chi connectivity index (χ0) is 36.3. The van der Waals surface area contributed by atoms with Gasteiger partial charge in [0.25, 0.3) is 0 Å². The van der Waals surface area contributed by atoms with Gasteiger partial charge in [0, 0.05) is 38.9 Å². The fourth-order valence-corrected chi connectivity index (χ4v) is 7.43. The van der Waals surface area contributed by atoms with Crippen molar-refractivity contribution in [1.29, 1.82) is 0 Å². The summed E-state index contributed by atoms with van der Waals surface area (Å²) < 4.78 is 8.75. The molecule has 3 heterocycles. The van der Waals surface area contributed by atoms with Crippen LogP contribution in [0.1, 0.15) is 48.8 Å². The Balaban J connectivity index is 1.17. The van der Waals surface area contributed by atoms with Crippen molar-refractivity contribution in [2.45, 2.75) is 53.9 Å². The Morgan fingerprint density at radius 3 is 1.83 bits per heavy atom. The molecule has 52 heavy (non-hydrogen) atoms. The zero-order valence-corrected chi connectivity index (χ0v) is 31.2. The molecule has 0 radical (unpaired) electrons. The van der Waals surface area contributed by atoms with Crippen LogP contribution in [-0.4, -0.2) is 15.0 Å². The summed E-state index contributed by atoms with van der Waals surface area (Å²) in [6.45, 7) is 15.2. The highest BCUT2D eigenvalue weighted by Crippen LogP contribution is 2.40. The van der Waals surface area contributed by atoms with Crippen molar-refractivity contribution in [3.05, 3.63) is 143 Å². The molecule has 8 rings (SSSR count). The molecule has 0 N–H and O–H groups in total. The molecule has 8 aromatic rings.